The van der Waals surface area contributed by atoms with Crippen LogP contribution in [0.15, 0.2) is 134 Å². The van der Waals surface area contributed by atoms with Crippen LogP contribution in [-0.2, 0) is 28.6 Å². The van der Waals surface area contributed by atoms with Crippen LogP contribution in [0.1, 0.15) is 207 Å². The van der Waals surface area contributed by atoms with Crippen molar-refractivity contribution in [1.82, 2.24) is 0 Å². The second-order valence-electron chi connectivity index (χ2n) is 16.7. The minimum atomic E-state index is -0.838. The maximum absolute atomic E-state index is 12.8. The Kier molecular flexibility index (Phi) is 49.6. The van der Waals surface area contributed by atoms with Crippen molar-refractivity contribution in [2.24, 2.45) is 0 Å². The van der Waals surface area contributed by atoms with Gasteiger partial charge in [0.15, 0.2) is 6.10 Å². The molecule has 6 nitrogen and oxygen atoms in total. The van der Waals surface area contributed by atoms with E-state index in [0.29, 0.717) is 19.3 Å². The van der Waals surface area contributed by atoms with Crippen LogP contribution in [0.2, 0.25) is 0 Å². The number of esters is 3. The number of allylic oxidation sites excluding steroid dienone is 22. The average molecular weight is 911 g/mol. The van der Waals surface area contributed by atoms with Crippen molar-refractivity contribution in [2.75, 3.05) is 13.2 Å². The molecule has 0 saturated heterocycles. The normalized spacial score (nSPS) is 13.2. The largest absolute Gasteiger partial charge is 0.462 e. The van der Waals surface area contributed by atoms with Crippen LogP contribution in [0.5, 0.6) is 0 Å². The molecule has 6 heteroatoms. The van der Waals surface area contributed by atoms with Crippen LogP contribution >= 0.6 is 0 Å². The van der Waals surface area contributed by atoms with E-state index >= 15 is 0 Å². The standard InChI is InChI=1S/C60H94O6/c1-4-7-10-13-16-19-22-25-28-29-30-31-33-35-38-41-44-47-50-53-59(62)65-56-57(55-64-58(61)52-49-46-43-40-37-34-27-24-21-18-15-12-9-6-3)66-60(63)54-51-48-45-42-39-36-32-26-23-20-17-14-11-8-5-2/h7-8,10-11,16-17,19-20,24-28,30-32,35,38-39,42,44,47,57H,4-6,9,12-15,18,21-23,29,33-34,36-37,40-41,43,45-46,48-56H2,1-3H3/b10-7-,11-8-,19-16-,20-17-,27-24-,28-25-,31-30-,32-26-,38-35-,42-39-,47-44-. The van der Waals surface area contributed by atoms with E-state index in [1.807, 2.05) is 12.2 Å². The maximum atomic E-state index is 12.8. The number of rotatable bonds is 45. The number of ether oxygens (including phenoxy) is 3. The zero-order valence-corrected chi connectivity index (χ0v) is 42.1. The minimum Gasteiger partial charge on any atom is -0.462 e. The molecule has 0 bridgehead atoms. The summed E-state index contributed by atoms with van der Waals surface area (Å²) in [5.74, 6) is -1.07. The Hall–Kier alpha value is -4.45. The summed E-state index contributed by atoms with van der Waals surface area (Å²) in [6, 6.07) is 0. The van der Waals surface area contributed by atoms with Gasteiger partial charge in [-0.15, -0.1) is 0 Å². The summed E-state index contributed by atoms with van der Waals surface area (Å²) in [6.45, 7) is 6.27. The lowest BCUT2D eigenvalue weighted by Crippen LogP contribution is -2.30. The Balaban J connectivity index is 4.60. The van der Waals surface area contributed by atoms with Crippen LogP contribution in [-0.4, -0.2) is 37.2 Å². The second kappa shape index (κ2) is 53.2. The molecule has 0 N–H and O–H groups in total. The molecular formula is C60H94O6. The molecular weight excluding hydrogens is 817 g/mol. The topological polar surface area (TPSA) is 78.9 Å². The molecule has 0 heterocycles. The van der Waals surface area contributed by atoms with E-state index in [-0.39, 0.29) is 44.0 Å². The molecule has 370 valence electrons. The van der Waals surface area contributed by atoms with Crippen LogP contribution in [0, 0.1) is 0 Å². The predicted octanol–water partition coefficient (Wildman–Crippen LogP) is 17.5. The molecule has 0 spiro atoms. The Morgan fingerprint density at radius 1 is 0.318 bits per heavy atom. The first kappa shape index (κ1) is 61.5. The van der Waals surface area contributed by atoms with Gasteiger partial charge in [-0.2, -0.15) is 0 Å². The highest BCUT2D eigenvalue weighted by atomic mass is 16.6. The molecule has 1 unspecified atom stereocenters. The van der Waals surface area contributed by atoms with Crippen molar-refractivity contribution in [1.29, 1.82) is 0 Å². The van der Waals surface area contributed by atoms with Gasteiger partial charge in [-0.05, 0) is 122 Å². The van der Waals surface area contributed by atoms with Gasteiger partial charge in [0.1, 0.15) is 13.2 Å². The van der Waals surface area contributed by atoms with E-state index in [1.54, 1.807) is 0 Å². The third-order valence-electron chi connectivity index (χ3n) is 10.4. The number of unbranched alkanes of at least 4 members (excludes halogenated alkanes) is 12. The molecule has 0 aromatic carbocycles. The molecule has 0 rings (SSSR count). The smallest absolute Gasteiger partial charge is 0.306 e. The summed E-state index contributed by atoms with van der Waals surface area (Å²) in [7, 11) is 0. The molecule has 1 atom stereocenters. The third kappa shape index (κ3) is 50.5. The quantitative estimate of drug-likeness (QED) is 0.0262. The number of carbonyl (C=O) groups is 3. The van der Waals surface area contributed by atoms with Crippen molar-refractivity contribution in [3.63, 3.8) is 0 Å². The first-order valence-corrected chi connectivity index (χ1v) is 26.2. The minimum absolute atomic E-state index is 0.127. The van der Waals surface area contributed by atoms with E-state index in [2.05, 4.69) is 142 Å². The van der Waals surface area contributed by atoms with Crippen molar-refractivity contribution >= 4 is 17.9 Å². The molecule has 0 aliphatic carbocycles. The SMILES string of the molecule is CC/C=C\C/C=C\C/C=C\C/C=C\C/C=C\C/C=C\CCC(=O)OCC(COC(=O)CCCCCCC/C=C\CCCCCCC)OC(=O)CCCC/C=C\C/C=C\C/C=C\C/C=C\CC. The lowest BCUT2D eigenvalue weighted by Gasteiger charge is -2.18. The third-order valence-corrected chi connectivity index (χ3v) is 10.4. The van der Waals surface area contributed by atoms with Gasteiger partial charge in [0.25, 0.3) is 0 Å². The Morgan fingerprint density at radius 2 is 0.621 bits per heavy atom. The summed E-state index contributed by atoms with van der Waals surface area (Å²) in [5, 5.41) is 0. The lowest BCUT2D eigenvalue weighted by molar-refractivity contribution is -0.166. The van der Waals surface area contributed by atoms with E-state index in [9.17, 15) is 14.4 Å². The van der Waals surface area contributed by atoms with Crippen molar-refractivity contribution in [3.05, 3.63) is 134 Å². The van der Waals surface area contributed by atoms with Gasteiger partial charge < -0.3 is 14.2 Å². The molecule has 0 amide bonds. The second-order valence-corrected chi connectivity index (χ2v) is 16.7. The van der Waals surface area contributed by atoms with Crippen LogP contribution in [0.25, 0.3) is 0 Å². The van der Waals surface area contributed by atoms with Gasteiger partial charge in [0.2, 0.25) is 0 Å². The molecule has 0 saturated carbocycles. The fraction of sp³-hybridized carbons (Fsp3) is 0.583. The van der Waals surface area contributed by atoms with Crippen LogP contribution in [0.3, 0.4) is 0 Å². The van der Waals surface area contributed by atoms with Gasteiger partial charge >= 0.3 is 17.9 Å². The molecule has 0 radical (unpaired) electrons. The van der Waals surface area contributed by atoms with Crippen molar-refractivity contribution in [2.45, 2.75) is 213 Å². The first-order valence-electron chi connectivity index (χ1n) is 26.2. The summed E-state index contributed by atoms with van der Waals surface area (Å²) < 4.78 is 16.7. The van der Waals surface area contributed by atoms with E-state index in [0.717, 1.165) is 109 Å². The van der Waals surface area contributed by atoms with Crippen LogP contribution < -0.4 is 0 Å². The number of hydrogen-bond acceptors (Lipinski definition) is 6. The maximum Gasteiger partial charge on any atom is 0.306 e. The molecule has 66 heavy (non-hydrogen) atoms. The highest BCUT2D eigenvalue weighted by Crippen LogP contribution is 2.12. The Bertz CT molecular complexity index is 1460. The summed E-state index contributed by atoms with van der Waals surface area (Å²) >= 11 is 0. The Labute approximate surface area is 405 Å². The first-order chi connectivity index (χ1) is 32.5. The van der Waals surface area contributed by atoms with Crippen molar-refractivity contribution in [3.8, 4) is 0 Å². The molecule has 0 fully saturated rings. The monoisotopic (exact) mass is 911 g/mol. The fourth-order valence-corrected chi connectivity index (χ4v) is 6.51. The fourth-order valence-electron chi connectivity index (χ4n) is 6.51. The molecule has 0 aromatic heterocycles. The van der Waals surface area contributed by atoms with Crippen molar-refractivity contribution < 1.29 is 28.6 Å². The van der Waals surface area contributed by atoms with E-state index < -0.39 is 6.10 Å². The molecule has 0 aliphatic rings. The van der Waals surface area contributed by atoms with Gasteiger partial charge in [-0.1, -0.05) is 199 Å². The van der Waals surface area contributed by atoms with Gasteiger partial charge in [0, 0.05) is 19.3 Å². The van der Waals surface area contributed by atoms with Gasteiger partial charge in [0.05, 0.1) is 0 Å². The van der Waals surface area contributed by atoms with Gasteiger partial charge in [-0.25, -0.2) is 0 Å². The lowest BCUT2D eigenvalue weighted by atomic mass is 10.1. The summed E-state index contributed by atoms with van der Waals surface area (Å²) in [4.78, 5) is 38.0. The van der Waals surface area contributed by atoms with Gasteiger partial charge in [-0.3, -0.25) is 14.4 Å². The summed E-state index contributed by atoms with van der Waals surface area (Å²) in [5.41, 5.74) is 0. The zero-order valence-electron chi connectivity index (χ0n) is 42.1. The molecule has 0 aromatic rings. The van der Waals surface area contributed by atoms with Crippen LogP contribution in [0.4, 0.5) is 0 Å². The number of hydrogen-bond donors (Lipinski definition) is 0. The predicted molar refractivity (Wildman–Crippen MR) is 283 cm³/mol. The van der Waals surface area contributed by atoms with E-state index in [4.69, 9.17) is 14.2 Å². The van der Waals surface area contributed by atoms with E-state index in [1.165, 1.54) is 44.9 Å². The highest BCUT2D eigenvalue weighted by molar-refractivity contribution is 5.71. The molecule has 0 aliphatic heterocycles. The Morgan fingerprint density at radius 3 is 1.06 bits per heavy atom. The zero-order chi connectivity index (χ0) is 47.9. The number of carbonyl (C=O) groups excluding carboxylic acids is 3. The summed E-state index contributed by atoms with van der Waals surface area (Å²) in [6.07, 6.45) is 74.5. The highest BCUT2D eigenvalue weighted by Gasteiger charge is 2.19. The average Bonchev–Trinajstić information content (AvgIpc) is 3.31.